The van der Waals surface area contributed by atoms with Gasteiger partial charge in [0.2, 0.25) is 0 Å². The molecule has 3 atom stereocenters. The monoisotopic (exact) mass is 657 g/mol. The van der Waals surface area contributed by atoms with Crippen molar-refractivity contribution in [3.8, 4) is 33.4 Å². The Labute approximate surface area is 302 Å². The second-order valence-corrected chi connectivity index (χ2v) is 15.7. The molecule has 0 amide bonds. The lowest BCUT2D eigenvalue weighted by Crippen LogP contribution is -2.16. The summed E-state index contributed by atoms with van der Waals surface area (Å²) in [5.41, 5.74) is 15.6. The Balaban J connectivity index is 1.08. The molecule has 0 spiro atoms. The lowest BCUT2D eigenvalue weighted by molar-refractivity contribution is 0.420. The molecule has 51 heavy (non-hydrogen) atoms. The van der Waals surface area contributed by atoms with E-state index in [2.05, 4.69) is 176 Å². The number of benzene rings is 7. The van der Waals surface area contributed by atoms with Gasteiger partial charge in [-0.05, 0) is 134 Å². The topological polar surface area (TPSA) is 3.24 Å². The number of anilines is 3. The van der Waals surface area contributed by atoms with Crippen LogP contribution in [0.25, 0.3) is 44.2 Å². The minimum absolute atomic E-state index is 0.0616. The number of rotatable bonds is 6. The minimum atomic E-state index is -0.0616. The highest BCUT2D eigenvalue weighted by Gasteiger charge is 2.40. The fraction of sp³-hybridized carbons (Fsp3) is 0.200. The summed E-state index contributed by atoms with van der Waals surface area (Å²) in [5, 5.41) is 2.56. The van der Waals surface area contributed by atoms with E-state index in [1.54, 1.807) is 0 Å². The molecular formula is C50H43N. The van der Waals surface area contributed by atoms with Crippen LogP contribution in [0.5, 0.6) is 0 Å². The van der Waals surface area contributed by atoms with Gasteiger partial charge in [-0.2, -0.15) is 0 Å². The fourth-order valence-electron chi connectivity index (χ4n) is 10.0. The number of hydrogen-bond acceptors (Lipinski definition) is 1. The van der Waals surface area contributed by atoms with E-state index in [1.807, 2.05) is 0 Å². The summed E-state index contributed by atoms with van der Waals surface area (Å²) in [4.78, 5) is 2.46. The average Bonchev–Trinajstić information content (AvgIpc) is 3.88. The quantitative estimate of drug-likeness (QED) is 0.172. The Morgan fingerprint density at radius 2 is 1.10 bits per heavy atom. The number of fused-ring (bicyclic) bond motifs is 6. The molecule has 2 bridgehead atoms. The first-order valence-corrected chi connectivity index (χ1v) is 18.8. The van der Waals surface area contributed by atoms with E-state index in [0.29, 0.717) is 0 Å². The van der Waals surface area contributed by atoms with Gasteiger partial charge in [-0.25, -0.2) is 0 Å². The zero-order valence-electron chi connectivity index (χ0n) is 29.5. The van der Waals surface area contributed by atoms with Gasteiger partial charge in [0.1, 0.15) is 0 Å². The molecule has 3 unspecified atom stereocenters. The lowest BCUT2D eigenvalue weighted by Gasteiger charge is -2.29. The van der Waals surface area contributed by atoms with Crippen LogP contribution in [0.15, 0.2) is 158 Å². The van der Waals surface area contributed by atoms with Gasteiger partial charge in [-0.15, -0.1) is 0 Å². The van der Waals surface area contributed by atoms with Crippen LogP contribution in [0, 0.1) is 11.8 Å². The van der Waals surface area contributed by atoms with Crippen LogP contribution in [0.4, 0.5) is 17.1 Å². The summed E-state index contributed by atoms with van der Waals surface area (Å²) < 4.78 is 0. The highest BCUT2D eigenvalue weighted by molar-refractivity contribution is 6.06. The SMILES string of the molecule is CC1(C)c2ccccc2-c2ccc(N(c3ccc(-c4cccc5cccc(-c6ccccc6)c45)cc3)c3ccc(C4CC5CCC4C5)cc3)cc21. The van der Waals surface area contributed by atoms with Crippen LogP contribution in [0.2, 0.25) is 0 Å². The zero-order chi connectivity index (χ0) is 34.1. The molecule has 0 heterocycles. The molecule has 3 aliphatic carbocycles. The highest BCUT2D eigenvalue weighted by Crippen LogP contribution is 2.54. The van der Waals surface area contributed by atoms with Crippen molar-refractivity contribution in [1.82, 2.24) is 0 Å². The third-order valence-electron chi connectivity index (χ3n) is 12.6. The minimum Gasteiger partial charge on any atom is -0.310 e. The first-order valence-electron chi connectivity index (χ1n) is 18.8. The Bertz CT molecular complexity index is 2400. The zero-order valence-corrected chi connectivity index (χ0v) is 29.5. The molecular weight excluding hydrogens is 615 g/mol. The molecule has 2 fully saturated rings. The first-order chi connectivity index (χ1) is 25.0. The molecule has 10 rings (SSSR count). The van der Waals surface area contributed by atoms with Gasteiger partial charge in [0.05, 0.1) is 0 Å². The third kappa shape index (κ3) is 4.97. The molecule has 0 N–H and O–H groups in total. The molecule has 0 radical (unpaired) electrons. The number of nitrogens with zero attached hydrogens (tertiary/aromatic N) is 1. The molecule has 0 aliphatic heterocycles. The Hall–Kier alpha value is -5.40. The first kappa shape index (κ1) is 30.4. The maximum atomic E-state index is 2.46. The van der Waals surface area contributed by atoms with E-state index in [4.69, 9.17) is 0 Å². The van der Waals surface area contributed by atoms with E-state index >= 15 is 0 Å². The second-order valence-electron chi connectivity index (χ2n) is 15.7. The summed E-state index contributed by atoms with van der Waals surface area (Å²) >= 11 is 0. The number of hydrogen-bond donors (Lipinski definition) is 0. The van der Waals surface area contributed by atoms with Crippen LogP contribution >= 0.6 is 0 Å². The van der Waals surface area contributed by atoms with Gasteiger partial charge in [0.25, 0.3) is 0 Å². The van der Waals surface area contributed by atoms with Crippen molar-refractivity contribution < 1.29 is 0 Å². The standard InChI is InChI=1S/C50H43N/c1-50(2)47-17-7-6-14-44(47)45-29-28-41(32-48(45)50)51(40-26-22-36(23-27-40)46-31-33-18-19-38(46)30-33)39-24-20-35(21-25-39)43-16-9-13-37-12-8-15-42(49(37)43)34-10-4-3-5-11-34/h3-17,20-29,32-33,38,46H,18-19,30-31H2,1-2H3. The Morgan fingerprint density at radius 1 is 0.490 bits per heavy atom. The van der Waals surface area contributed by atoms with Crippen molar-refractivity contribution in [2.24, 2.45) is 11.8 Å². The summed E-state index contributed by atoms with van der Waals surface area (Å²) in [6, 6.07) is 59.1. The van der Waals surface area contributed by atoms with Crippen molar-refractivity contribution in [2.45, 2.75) is 50.9 Å². The van der Waals surface area contributed by atoms with Crippen LogP contribution < -0.4 is 4.90 Å². The van der Waals surface area contributed by atoms with Gasteiger partial charge >= 0.3 is 0 Å². The highest BCUT2D eigenvalue weighted by atomic mass is 15.1. The summed E-state index contributed by atoms with van der Waals surface area (Å²) in [6.07, 6.45) is 5.65. The Kier molecular flexibility index (Phi) is 7.07. The molecule has 1 heteroatoms. The molecule has 2 saturated carbocycles. The maximum Gasteiger partial charge on any atom is 0.0465 e. The molecule has 248 valence electrons. The molecule has 1 nitrogen and oxygen atoms in total. The van der Waals surface area contributed by atoms with E-state index in [0.717, 1.165) is 17.8 Å². The van der Waals surface area contributed by atoms with E-state index in [-0.39, 0.29) is 5.41 Å². The van der Waals surface area contributed by atoms with E-state index in [9.17, 15) is 0 Å². The van der Waals surface area contributed by atoms with E-state index in [1.165, 1.54) is 104 Å². The van der Waals surface area contributed by atoms with Gasteiger partial charge in [0.15, 0.2) is 0 Å². The van der Waals surface area contributed by atoms with Crippen LogP contribution in [-0.4, -0.2) is 0 Å². The summed E-state index contributed by atoms with van der Waals surface area (Å²) in [6.45, 7) is 4.75. The molecule has 3 aliphatic rings. The van der Waals surface area contributed by atoms with Gasteiger partial charge in [-0.3, -0.25) is 0 Å². The lowest BCUT2D eigenvalue weighted by atomic mass is 9.82. The molecule has 0 aromatic heterocycles. The summed E-state index contributed by atoms with van der Waals surface area (Å²) in [7, 11) is 0. The van der Waals surface area contributed by atoms with Crippen molar-refractivity contribution in [3.63, 3.8) is 0 Å². The largest absolute Gasteiger partial charge is 0.310 e. The molecule has 7 aromatic carbocycles. The Morgan fingerprint density at radius 3 is 1.78 bits per heavy atom. The molecule has 7 aromatic rings. The van der Waals surface area contributed by atoms with Crippen LogP contribution in [-0.2, 0) is 5.41 Å². The van der Waals surface area contributed by atoms with Gasteiger partial charge in [-0.1, -0.05) is 142 Å². The van der Waals surface area contributed by atoms with Crippen molar-refractivity contribution >= 4 is 27.8 Å². The second kappa shape index (κ2) is 11.8. The predicted molar refractivity (Wildman–Crippen MR) is 215 cm³/mol. The van der Waals surface area contributed by atoms with Crippen molar-refractivity contribution in [3.05, 3.63) is 174 Å². The average molecular weight is 658 g/mol. The molecule has 0 saturated heterocycles. The van der Waals surface area contributed by atoms with E-state index < -0.39 is 0 Å². The van der Waals surface area contributed by atoms with Crippen LogP contribution in [0.1, 0.15) is 62.1 Å². The van der Waals surface area contributed by atoms with Crippen molar-refractivity contribution in [1.29, 1.82) is 0 Å². The van der Waals surface area contributed by atoms with Crippen LogP contribution in [0.3, 0.4) is 0 Å². The van der Waals surface area contributed by atoms with Crippen molar-refractivity contribution in [2.75, 3.05) is 4.90 Å². The predicted octanol–water partition coefficient (Wildman–Crippen LogP) is 13.9. The fourth-order valence-corrected chi connectivity index (χ4v) is 10.0. The van der Waals surface area contributed by atoms with Gasteiger partial charge in [0, 0.05) is 22.5 Å². The maximum absolute atomic E-state index is 2.46. The summed E-state index contributed by atoms with van der Waals surface area (Å²) in [5.74, 6) is 2.55. The van der Waals surface area contributed by atoms with Gasteiger partial charge < -0.3 is 4.90 Å². The third-order valence-corrected chi connectivity index (χ3v) is 12.6. The normalized spacial score (nSPS) is 19.6. The smallest absolute Gasteiger partial charge is 0.0465 e.